The van der Waals surface area contributed by atoms with Crippen LogP contribution in [0, 0.1) is 17.2 Å². The van der Waals surface area contributed by atoms with Gasteiger partial charge in [0.2, 0.25) is 0 Å². The minimum Gasteiger partial charge on any atom is -0.342 e. The first-order valence-corrected chi connectivity index (χ1v) is 13.7. The number of carbonyl (C=O) groups is 2. The number of likely N-dealkylation sites (N-methyl/N-ethyl adjacent to an activating group) is 1. The van der Waals surface area contributed by atoms with Gasteiger partial charge in [-0.25, -0.2) is 4.79 Å². The van der Waals surface area contributed by atoms with E-state index in [9.17, 15) is 9.59 Å². The normalized spacial score (nSPS) is 27.5. The molecule has 7 nitrogen and oxygen atoms in total. The monoisotopic (exact) mass is 481 g/mol. The van der Waals surface area contributed by atoms with E-state index in [1.807, 2.05) is 18.2 Å². The second-order valence-electron chi connectivity index (χ2n) is 11.0. The maximum Gasteiger partial charge on any atom is 0.315 e. The first-order chi connectivity index (χ1) is 16.9. The van der Waals surface area contributed by atoms with E-state index < -0.39 is 5.54 Å². The Kier molecular flexibility index (Phi) is 8.69. The molecule has 4 N–H and O–H groups in total. The fraction of sp³-hybridized carbons (Fsp3) is 0.679. The molecule has 2 saturated carbocycles. The van der Waals surface area contributed by atoms with Crippen LogP contribution in [0.2, 0.25) is 0 Å². The maximum atomic E-state index is 13.3. The second kappa shape index (κ2) is 11.9. The van der Waals surface area contributed by atoms with Gasteiger partial charge < -0.3 is 16.0 Å². The minimum absolute atomic E-state index is 0.0482. The number of urea groups is 1. The summed E-state index contributed by atoms with van der Waals surface area (Å²) in [4.78, 5) is 27.3. The average Bonchev–Trinajstić information content (AvgIpc) is 3.08. The van der Waals surface area contributed by atoms with Gasteiger partial charge in [0.25, 0.3) is 5.91 Å². The van der Waals surface area contributed by atoms with Crippen LogP contribution in [0.3, 0.4) is 0 Å². The van der Waals surface area contributed by atoms with Gasteiger partial charge in [-0.3, -0.25) is 15.1 Å². The molecule has 3 atom stereocenters. The first kappa shape index (κ1) is 25.5. The van der Waals surface area contributed by atoms with Gasteiger partial charge in [-0.1, -0.05) is 75.3 Å². The molecule has 3 fully saturated rings. The molecule has 3 aliphatic rings. The van der Waals surface area contributed by atoms with Crippen LogP contribution in [0.1, 0.15) is 82.6 Å². The Bertz CT molecular complexity index is 869. The van der Waals surface area contributed by atoms with Crippen LogP contribution in [0.15, 0.2) is 30.3 Å². The summed E-state index contributed by atoms with van der Waals surface area (Å²) >= 11 is 0. The number of rotatable bonds is 9. The van der Waals surface area contributed by atoms with E-state index in [1.54, 1.807) is 7.05 Å². The fourth-order valence-electron chi connectivity index (χ4n) is 6.42. The van der Waals surface area contributed by atoms with Crippen molar-refractivity contribution in [1.29, 1.82) is 5.41 Å². The highest BCUT2D eigenvalue weighted by Crippen LogP contribution is 2.38. The highest BCUT2D eigenvalue weighted by atomic mass is 16.2. The Balaban J connectivity index is 1.29. The van der Waals surface area contributed by atoms with Crippen LogP contribution >= 0.6 is 0 Å². The van der Waals surface area contributed by atoms with Crippen molar-refractivity contribution in [3.8, 4) is 0 Å². The molecule has 1 saturated heterocycles. The van der Waals surface area contributed by atoms with Crippen LogP contribution in [-0.2, 0) is 11.2 Å². The summed E-state index contributed by atoms with van der Waals surface area (Å²) in [6.45, 7) is 0.614. The molecule has 2 aliphatic carbocycles. The van der Waals surface area contributed by atoms with Crippen LogP contribution < -0.4 is 16.0 Å². The van der Waals surface area contributed by atoms with Crippen molar-refractivity contribution in [2.45, 2.75) is 95.1 Å². The molecule has 0 radical (unpaired) electrons. The van der Waals surface area contributed by atoms with Crippen molar-refractivity contribution < 1.29 is 9.59 Å². The van der Waals surface area contributed by atoms with Crippen molar-refractivity contribution in [2.75, 3.05) is 13.6 Å². The summed E-state index contributed by atoms with van der Waals surface area (Å²) in [5, 5.41) is 17.8. The number of nitrogens with one attached hydrogen (secondary N) is 4. The standard InChI is InChI=1S/C28H43N5O2/c1-33-25(34)28(32-26(33)29,17-15-21-9-4-2-5-10-21)20-23-13-8-14-24(19-23)31-27(35)30-18-16-22-11-6-3-7-12-22/h3,6-7,11-12,21,23-24H,2,4-5,8-10,13-20H2,1H3,(H2,29,32)(H2,30,31,35)/t23-,24+,28+/m0/s1. The topological polar surface area (TPSA) is 97.3 Å². The molecule has 0 spiro atoms. The largest absolute Gasteiger partial charge is 0.342 e. The Morgan fingerprint density at radius 3 is 2.54 bits per heavy atom. The van der Waals surface area contributed by atoms with Gasteiger partial charge in [0.15, 0.2) is 5.96 Å². The summed E-state index contributed by atoms with van der Waals surface area (Å²) in [5.74, 6) is 1.34. The summed E-state index contributed by atoms with van der Waals surface area (Å²) in [7, 11) is 1.71. The van der Waals surface area contributed by atoms with Crippen molar-refractivity contribution >= 4 is 17.9 Å². The van der Waals surface area contributed by atoms with E-state index in [-0.39, 0.29) is 23.9 Å². The fourth-order valence-corrected chi connectivity index (χ4v) is 6.42. The Hall–Kier alpha value is -2.57. The van der Waals surface area contributed by atoms with Crippen LogP contribution in [-0.4, -0.2) is 48.0 Å². The van der Waals surface area contributed by atoms with Gasteiger partial charge in [-0.05, 0) is 55.9 Å². The molecule has 192 valence electrons. The zero-order valence-corrected chi connectivity index (χ0v) is 21.3. The number of amides is 3. The molecule has 7 heteroatoms. The highest BCUT2D eigenvalue weighted by molar-refractivity contribution is 6.07. The van der Waals surface area contributed by atoms with Crippen molar-refractivity contribution in [3.63, 3.8) is 0 Å². The van der Waals surface area contributed by atoms with Gasteiger partial charge in [0, 0.05) is 19.6 Å². The van der Waals surface area contributed by atoms with E-state index >= 15 is 0 Å². The Morgan fingerprint density at radius 1 is 1.09 bits per heavy atom. The molecule has 1 heterocycles. The molecule has 1 aromatic carbocycles. The summed E-state index contributed by atoms with van der Waals surface area (Å²) < 4.78 is 0. The lowest BCUT2D eigenvalue weighted by molar-refractivity contribution is -0.131. The molecule has 35 heavy (non-hydrogen) atoms. The SMILES string of the molecule is CN1C(=N)N[C@](CCC2CCCCC2)(C[C@H]2CCC[C@@H](NC(=O)NCCc3ccccc3)C2)C1=O. The minimum atomic E-state index is -0.659. The van der Waals surface area contributed by atoms with E-state index in [0.29, 0.717) is 18.4 Å². The first-order valence-electron chi connectivity index (χ1n) is 13.7. The molecular weight excluding hydrogens is 438 g/mol. The third kappa shape index (κ3) is 6.77. The molecule has 4 rings (SSSR count). The summed E-state index contributed by atoms with van der Waals surface area (Å²) in [6.07, 6.45) is 13.9. The predicted molar refractivity (Wildman–Crippen MR) is 139 cm³/mol. The summed E-state index contributed by atoms with van der Waals surface area (Å²) in [6, 6.07) is 10.2. The van der Waals surface area contributed by atoms with Crippen LogP contribution in [0.4, 0.5) is 4.79 Å². The number of guanidine groups is 1. The predicted octanol–water partition coefficient (Wildman–Crippen LogP) is 4.57. The van der Waals surface area contributed by atoms with Gasteiger partial charge in [-0.2, -0.15) is 0 Å². The van der Waals surface area contributed by atoms with Crippen molar-refractivity contribution in [2.24, 2.45) is 11.8 Å². The zero-order chi connectivity index (χ0) is 24.7. The van der Waals surface area contributed by atoms with E-state index in [2.05, 4.69) is 28.1 Å². The number of carbonyl (C=O) groups excluding carboxylic acids is 2. The molecule has 0 unspecified atom stereocenters. The van der Waals surface area contributed by atoms with Crippen LogP contribution in [0.5, 0.6) is 0 Å². The lowest BCUT2D eigenvalue weighted by Crippen LogP contribution is -2.50. The molecule has 0 aromatic heterocycles. The van der Waals surface area contributed by atoms with Gasteiger partial charge in [-0.15, -0.1) is 0 Å². The van der Waals surface area contributed by atoms with E-state index in [1.165, 1.54) is 42.6 Å². The van der Waals surface area contributed by atoms with Crippen molar-refractivity contribution in [3.05, 3.63) is 35.9 Å². The lowest BCUT2D eigenvalue weighted by Gasteiger charge is -2.36. The maximum absolute atomic E-state index is 13.3. The molecule has 1 aromatic rings. The molecule has 1 aliphatic heterocycles. The molecular formula is C28H43N5O2. The number of nitrogens with zero attached hydrogens (tertiary/aromatic N) is 1. The third-order valence-electron chi connectivity index (χ3n) is 8.41. The van der Waals surface area contributed by atoms with E-state index in [0.717, 1.165) is 51.4 Å². The smallest absolute Gasteiger partial charge is 0.315 e. The number of hydrogen-bond donors (Lipinski definition) is 4. The van der Waals surface area contributed by atoms with Crippen molar-refractivity contribution in [1.82, 2.24) is 20.9 Å². The average molecular weight is 482 g/mol. The third-order valence-corrected chi connectivity index (χ3v) is 8.41. The van der Waals surface area contributed by atoms with Gasteiger partial charge >= 0.3 is 6.03 Å². The Morgan fingerprint density at radius 2 is 1.83 bits per heavy atom. The van der Waals surface area contributed by atoms with Gasteiger partial charge in [0.05, 0.1) is 0 Å². The summed E-state index contributed by atoms with van der Waals surface area (Å²) in [5.41, 5.74) is 0.557. The second-order valence-corrected chi connectivity index (χ2v) is 11.0. The number of benzene rings is 1. The number of hydrogen-bond acceptors (Lipinski definition) is 3. The molecule has 0 bridgehead atoms. The van der Waals surface area contributed by atoms with Gasteiger partial charge in [0.1, 0.15) is 5.54 Å². The van der Waals surface area contributed by atoms with E-state index in [4.69, 9.17) is 5.41 Å². The molecule has 3 amide bonds. The lowest BCUT2D eigenvalue weighted by atomic mass is 9.74. The highest BCUT2D eigenvalue weighted by Gasteiger charge is 2.49. The Labute approximate surface area is 210 Å². The quantitative estimate of drug-likeness (QED) is 0.416. The zero-order valence-electron chi connectivity index (χ0n) is 21.3. The van der Waals surface area contributed by atoms with Crippen LogP contribution in [0.25, 0.3) is 0 Å².